The molecule has 2 aromatic rings. The second-order valence-electron chi connectivity index (χ2n) is 4.94. The lowest BCUT2D eigenvalue weighted by Crippen LogP contribution is -2.32. The first kappa shape index (κ1) is 18.2. The van der Waals surface area contributed by atoms with E-state index in [1.165, 1.54) is 11.8 Å². The second-order valence-corrected chi connectivity index (χ2v) is 6.25. The third kappa shape index (κ3) is 4.68. The fraction of sp³-hybridized carbons (Fsp3) is 0.467. The number of thioether (sulfide) groups is 1. The largest absolute Gasteiger partial charge is 0.494 e. The highest BCUT2D eigenvalue weighted by Gasteiger charge is 2.20. The molecule has 0 aliphatic rings. The van der Waals surface area contributed by atoms with E-state index in [0.717, 1.165) is 12.1 Å². The smallest absolute Gasteiger partial charge is 0.233 e. The maximum Gasteiger partial charge on any atom is 0.233 e. The molecule has 1 atom stereocenters. The average molecular weight is 351 g/mol. The van der Waals surface area contributed by atoms with Crippen molar-refractivity contribution in [2.24, 2.45) is 0 Å². The van der Waals surface area contributed by atoms with Gasteiger partial charge in [-0.05, 0) is 35.9 Å². The first-order valence-corrected chi connectivity index (χ1v) is 8.40. The van der Waals surface area contributed by atoms with E-state index in [1.54, 1.807) is 18.9 Å². The fourth-order valence-electron chi connectivity index (χ4n) is 1.99. The van der Waals surface area contributed by atoms with Crippen LogP contribution < -0.4 is 10.1 Å². The van der Waals surface area contributed by atoms with Gasteiger partial charge in [-0.2, -0.15) is 4.68 Å². The summed E-state index contributed by atoms with van der Waals surface area (Å²) in [5.74, 6) is 0.592. The van der Waals surface area contributed by atoms with Crippen molar-refractivity contribution >= 4 is 17.7 Å². The standard InChI is InChI=1S/C15H21N5O3S/c1-11(14(21)16-9-6-10-22-2)24-15-17-18-19-20(15)12-7-4-5-8-13(12)23-3/h4-5,7-8,11H,6,9-10H2,1-3H3,(H,16,21). The Morgan fingerprint density at radius 3 is 2.92 bits per heavy atom. The molecule has 0 fully saturated rings. The Kier molecular flexibility index (Phi) is 7.01. The van der Waals surface area contributed by atoms with Gasteiger partial charge in [0, 0.05) is 20.3 Å². The predicted molar refractivity (Wildman–Crippen MR) is 90.5 cm³/mol. The summed E-state index contributed by atoms with van der Waals surface area (Å²) in [6.45, 7) is 3.01. The molecule has 24 heavy (non-hydrogen) atoms. The van der Waals surface area contributed by atoms with Gasteiger partial charge < -0.3 is 14.8 Å². The summed E-state index contributed by atoms with van der Waals surface area (Å²) < 4.78 is 11.9. The molecule has 0 radical (unpaired) electrons. The Morgan fingerprint density at radius 1 is 1.38 bits per heavy atom. The van der Waals surface area contributed by atoms with Gasteiger partial charge in [0.1, 0.15) is 11.4 Å². The predicted octanol–water partition coefficient (Wildman–Crippen LogP) is 1.30. The minimum Gasteiger partial charge on any atom is -0.494 e. The molecule has 8 nitrogen and oxygen atoms in total. The lowest BCUT2D eigenvalue weighted by molar-refractivity contribution is -0.120. The number of hydrogen-bond acceptors (Lipinski definition) is 7. The lowest BCUT2D eigenvalue weighted by atomic mass is 10.3. The van der Waals surface area contributed by atoms with E-state index in [0.29, 0.717) is 24.1 Å². The zero-order valence-corrected chi connectivity index (χ0v) is 14.7. The zero-order valence-electron chi connectivity index (χ0n) is 13.9. The van der Waals surface area contributed by atoms with Crippen LogP contribution in [-0.4, -0.2) is 58.7 Å². The van der Waals surface area contributed by atoms with E-state index >= 15 is 0 Å². The van der Waals surface area contributed by atoms with Crippen molar-refractivity contribution in [2.45, 2.75) is 23.8 Å². The molecule has 0 saturated carbocycles. The van der Waals surface area contributed by atoms with Gasteiger partial charge in [0.15, 0.2) is 0 Å². The SMILES string of the molecule is COCCCNC(=O)C(C)Sc1nnnn1-c1ccccc1OC. The molecule has 0 aliphatic carbocycles. The molecular weight excluding hydrogens is 330 g/mol. The number of carbonyl (C=O) groups excluding carboxylic acids is 1. The summed E-state index contributed by atoms with van der Waals surface area (Å²) in [4.78, 5) is 12.1. The Bertz CT molecular complexity index is 664. The number of hydrogen-bond donors (Lipinski definition) is 1. The van der Waals surface area contributed by atoms with Crippen LogP contribution >= 0.6 is 11.8 Å². The summed E-state index contributed by atoms with van der Waals surface area (Å²) in [6.07, 6.45) is 0.776. The third-order valence-electron chi connectivity index (χ3n) is 3.23. The van der Waals surface area contributed by atoms with E-state index in [2.05, 4.69) is 20.8 Å². The molecule has 0 spiro atoms. The van der Waals surface area contributed by atoms with Crippen LogP contribution in [0.5, 0.6) is 5.75 Å². The second kappa shape index (κ2) is 9.24. The van der Waals surface area contributed by atoms with Crippen molar-refractivity contribution in [3.05, 3.63) is 24.3 Å². The van der Waals surface area contributed by atoms with Crippen molar-refractivity contribution in [1.82, 2.24) is 25.5 Å². The van der Waals surface area contributed by atoms with Crippen LogP contribution in [0.4, 0.5) is 0 Å². The molecule has 1 amide bonds. The van der Waals surface area contributed by atoms with Crippen molar-refractivity contribution in [2.75, 3.05) is 27.4 Å². The molecule has 0 bridgehead atoms. The summed E-state index contributed by atoms with van der Waals surface area (Å²) >= 11 is 1.29. The van der Waals surface area contributed by atoms with Crippen molar-refractivity contribution < 1.29 is 14.3 Å². The van der Waals surface area contributed by atoms with Crippen LogP contribution in [0, 0.1) is 0 Å². The molecule has 1 N–H and O–H groups in total. The van der Waals surface area contributed by atoms with Crippen LogP contribution in [0.3, 0.4) is 0 Å². The fourth-order valence-corrected chi connectivity index (χ4v) is 2.82. The highest BCUT2D eigenvalue weighted by atomic mass is 32.2. The van der Waals surface area contributed by atoms with Gasteiger partial charge >= 0.3 is 0 Å². The monoisotopic (exact) mass is 351 g/mol. The quantitative estimate of drug-likeness (QED) is 0.538. The molecule has 2 rings (SSSR count). The highest BCUT2D eigenvalue weighted by Crippen LogP contribution is 2.27. The van der Waals surface area contributed by atoms with Gasteiger partial charge in [-0.15, -0.1) is 5.10 Å². The van der Waals surface area contributed by atoms with Gasteiger partial charge in [-0.1, -0.05) is 23.9 Å². The molecule has 1 unspecified atom stereocenters. The summed E-state index contributed by atoms with van der Waals surface area (Å²) in [6, 6.07) is 7.43. The first-order chi connectivity index (χ1) is 11.7. The molecule has 0 aliphatic heterocycles. The number of ether oxygens (including phenoxy) is 2. The van der Waals surface area contributed by atoms with Crippen molar-refractivity contribution in [1.29, 1.82) is 0 Å². The number of benzene rings is 1. The number of nitrogens with one attached hydrogen (secondary N) is 1. The molecular formula is C15H21N5O3S. The maximum atomic E-state index is 12.1. The topological polar surface area (TPSA) is 91.2 Å². The molecule has 1 aromatic carbocycles. The summed E-state index contributed by atoms with van der Waals surface area (Å²) in [7, 11) is 3.23. The first-order valence-electron chi connectivity index (χ1n) is 7.52. The molecule has 9 heteroatoms. The third-order valence-corrected chi connectivity index (χ3v) is 4.26. The molecule has 1 aromatic heterocycles. The van der Waals surface area contributed by atoms with Crippen LogP contribution in [0.1, 0.15) is 13.3 Å². The van der Waals surface area contributed by atoms with Crippen LogP contribution in [0.15, 0.2) is 29.4 Å². The summed E-state index contributed by atoms with van der Waals surface area (Å²) in [5, 5.41) is 14.8. The minimum absolute atomic E-state index is 0.0642. The van der Waals surface area contributed by atoms with Crippen LogP contribution in [0.2, 0.25) is 0 Å². The summed E-state index contributed by atoms with van der Waals surface area (Å²) in [5.41, 5.74) is 0.722. The van der Waals surface area contributed by atoms with Gasteiger partial charge in [0.2, 0.25) is 11.1 Å². The lowest BCUT2D eigenvalue weighted by Gasteiger charge is -2.12. The van der Waals surface area contributed by atoms with Crippen molar-refractivity contribution in [3.8, 4) is 11.4 Å². The maximum absolute atomic E-state index is 12.1. The molecule has 0 saturated heterocycles. The average Bonchev–Trinajstić information content (AvgIpc) is 3.06. The van der Waals surface area contributed by atoms with E-state index in [9.17, 15) is 4.79 Å². The van der Waals surface area contributed by atoms with E-state index < -0.39 is 0 Å². The van der Waals surface area contributed by atoms with Gasteiger partial charge in [-0.3, -0.25) is 4.79 Å². The van der Waals surface area contributed by atoms with Crippen LogP contribution in [0.25, 0.3) is 5.69 Å². The number of carbonyl (C=O) groups is 1. The number of aromatic nitrogens is 4. The van der Waals surface area contributed by atoms with E-state index in [-0.39, 0.29) is 11.2 Å². The highest BCUT2D eigenvalue weighted by molar-refractivity contribution is 8.00. The normalized spacial score (nSPS) is 12.0. The van der Waals surface area contributed by atoms with E-state index in [1.807, 2.05) is 31.2 Å². The van der Waals surface area contributed by atoms with Gasteiger partial charge in [0.05, 0.1) is 12.4 Å². The molecule has 130 valence electrons. The van der Waals surface area contributed by atoms with Crippen molar-refractivity contribution in [3.63, 3.8) is 0 Å². The number of tetrazole rings is 1. The van der Waals surface area contributed by atoms with Gasteiger partial charge in [-0.25, -0.2) is 0 Å². The number of rotatable bonds is 9. The molecule has 1 heterocycles. The number of amides is 1. The number of nitrogens with zero attached hydrogens (tertiary/aromatic N) is 4. The van der Waals surface area contributed by atoms with E-state index in [4.69, 9.17) is 9.47 Å². The minimum atomic E-state index is -0.327. The zero-order chi connectivity index (χ0) is 17.4. The van der Waals surface area contributed by atoms with Gasteiger partial charge in [0.25, 0.3) is 0 Å². The number of para-hydroxylation sites is 2. The van der Waals surface area contributed by atoms with Crippen LogP contribution in [-0.2, 0) is 9.53 Å². The Labute approximate surface area is 144 Å². The Balaban J connectivity index is 2.04. The Morgan fingerprint density at radius 2 is 2.17 bits per heavy atom. The number of methoxy groups -OCH3 is 2. The Hall–Kier alpha value is -2.13.